The molecule has 0 spiro atoms. The minimum absolute atomic E-state index is 0.232. The number of hydrogen-bond donors (Lipinski definition) is 1. The normalized spacial score (nSPS) is 10.3. The summed E-state index contributed by atoms with van der Waals surface area (Å²) in [6, 6.07) is 11.3. The lowest BCUT2D eigenvalue weighted by Gasteiger charge is -2.20. The number of hydrogen-bond acceptors (Lipinski definition) is 2. The summed E-state index contributed by atoms with van der Waals surface area (Å²) in [5.41, 5.74) is 1.63. The van der Waals surface area contributed by atoms with Crippen molar-refractivity contribution in [2.24, 2.45) is 0 Å². The van der Waals surface area contributed by atoms with Gasteiger partial charge in [-0.1, -0.05) is 15.9 Å². The molecule has 0 radical (unpaired) electrons. The van der Waals surface area contributed by atoms with Crippen LogP contribution in [0.2, 0.25) is 0 Å². The molecule has 2 aromatic rings. The lowest BCUT2D eigenvalue weighted by molar-refractivity contribution is 0.0697. The second-order valence-electron chi connectivity index (χ2n) is 4.44. The Morgan fingerprint density at radius 2 is 1.90 bits per heavy atom. The van der Waals surface area contributed by atoms with Gasteiger partial charge in [-0.25, -0.2) is 9.18 Å². The van der Waals surface area contributed by atoms with E-state index in [0.29, 0.717) is 12.1 Å². The van der Waals surface area contributed by atoms with Gasteiger partial charge in [0.05, 0.1) is 5.56 Å². The Kier molecular flexibility index (Phi) is 4.39. The van der Waals surface area contributed by atoms with Gasteiger partial charge in [0.2, 0.25) is 0 Å². The highest BCUT2D eigenvalue weighted by Crippen LogP contribution is 2.20. The molecule has 0 heterocycles. The monoisotopic (exact) mass is 337 g/mol. The second kappa shape index (κ2) is 6.05. The maximum atomic E-state index is 13.7. The first-order valence-corrected chi connectivity index (χ1v) is 6.75. The molecule has 0 bridgehead atoms. The standard InChI is InChI=1S/C15H13BrFNO2/c1-18(9-11-8-12(16)4-7-14(11)17)13-5-2-10(3-6-13)15(19)20/h2-8H,9H2,1H3,(H,19,20). The number of rotatable bonds is 4. The topological polar surface area (TPSA) is 40.5 Å². The van der Waals surface area contributed by atoms with Crippen molar-refractivity contribution < 1.29 is 14.3 Å². The molecule has 2 aromatic carbocycles. The van der Waals surface area contributed by atoms with Crippen LogP contribution < -0.4 is 4.90 Å². The quantitative estimate of drug-likeness (QED) is 0.919. The molecule has 3 nitrogen and oxygen atoms in total. The van der Waals surface area contributed by atoms with E-state index in [9.17, 15) is 9.18 Å². The van der Waals surface area contributed by atoms with Gasteiger partial charge in [0.1, 0.15) is 5.82 Å². The van der Waals surface area contributed by atoms with Crippen molar-refractivity contribution >= 4 is 27.6 Å². The van der Waals surface area contributed by atoms with E-state index in [0.717, 1.165) is 10.2 Å². The molecule has 5 heteroatoms. The van der Waals surface area contributed by atoms with Crippen LogP contribution in [-0.4, -0.2) is 18.1 Å². The van der Waals surface area contributed by atoms with Crippen LogP contribution >= 0.6 is 15.9 Å². The molecular weight excluding hydrogens is 325 g/mol. The molecule has 0 amide bonds. The fraction of sp³-hybridized carbons (Fsp3) is 0.133. The maximum Gasteiger partial charge on any atom is 0.335 e. The van der Waals surface area contributed by atoms with Gasteiger partial charge in [0.25, 0.3) is 0 Å². The van der Waals surface area contributed by atoms with E-state index in [1.165, 1.54) is 18.2 Å². The third-order valence-corrected chi connectivity index (χ3v) is 3.46. The number of aromatic carboxylic acids is 1. The average Bonchev–Trinajstić information content (AvgIpc) is 2.43. The summed E-state index contributed by atoms with van der Waals surface area (Å²) < 4.78 is 14.5. The zero-order valence-electron chi connectivity index (χ0n) is 10.8. The lowest BCUT2D eigenvalue weighted by Crippen LogP contribution is -2.17. The minimum atomic E-state index is -0.961. The Labute approximate surface area is 124 Å². The van der Waals surface area contributed by atoms with Crippen molar-refractivity contribution in [2.75, 3.05) is 11.9 Å². The summed E-state index contributed by atoms with van der Waals surface area (Å²) in [4.78, 5) is 12.6. The zero-order valence-corrected chi connectivity index (χ0v) is 12.4. The molecule has 1 N–H and O–H groups in total. The molecule has 0 fully saturated rings. The minimum Gasteiger partial charge on any atom is -0.478 e. The number of carboxylic acids is 1. The highest BCUT2D eigenvalue weighted by atomic mass is 79.9. The lowest BCUT2D eigenvalue weighted by atomic mass is 10.1. The Hall–Kier alpha value is -1.88. The smallest absolute Gasteiger partial charge is 0.335 e. The van der Waals surface area contributed by atoms with Gasteiger partial charge < -0.3 is 10.0 Å². The summed E-state index contributed by atoms with van der Waals surface area (Å²) in [6.45, 7) is 0.400. The van der Waals surface area contributed by atoms with Crippen molar-refractivity contribution in [2.45, 2.75) is 6.54 Å². The Bertz CT molecular complexity index is 628. The second-order valence-corrected chi connectivity index (χ2v) is 5.36. The van der Waals surface area contributed by atoms with Crippen LogP contribution in [-0.2, 0) is 6.54 Å². The molecular formula is C15H13BrFNO2. The molecule has 0 aliphatic carbocycles. The molecule has 0 aromatic heterocycles. The van der Waals surface area contributed by atoms with Gasteiger partial charge in [0.15, 0.2) is 0 Å². The van der Waals surface area contributed by atoms with Crippen LogP contribution in [0.15, 0.2) is 46.9 Å². The van der Waals surface area contributed by atoms with Crippen LogP contribution in [0, 0.1) is 5.82 Å². The Balaban J connectivity index is 2.17. The van der Waals surface area contributed by atoms with Crippen molar-refractivity contribution in [3.63, 3.8) is 0 Å². The fourth-order valence-electron chi connectivity index (χ4n) is 1.87. The highest BCUT2D eigenvalue weighted by molar-refractivity contribution is 9.10. The number of benzene rings is 2. The van der Waals surface area contributed by atoms with Crippen molar-refractivity contribution in [1.82, 2.24) is 0 Å². The number of halogens is 2. The van der Waals surface area contributed by atoms with Gasteiger partial charge >= 0.3 is 5.97 Å². The molecule has 20 heavy (non-hydrogen) atoms. The van der Waals surface area contributed by atoms with Crippen LogP contribution in [0.5, 0.6) is 0 Å². The maximum absolute atomic E-state index is 13.7. The largest absolute Gasteiger partial charge is 0.478 e. The fourth-order valence-corrected chi connectivity index (χ4v) is 2.28. The summed E-state index contributed by atoms with van der Waals surface area (Å²) in [5, 5.41) is 8.85. The van der Waals surface area contributed by atoms with Gasteiger partial charge in [-0.15, -0.1) is 0 Å². The number of carbonyl (C=O) groups is 1. The molecule has 0 saturated heterocycles. The molecule has 0 aliphatic heterocycles. The predicted octanol–water partition coefficient (Wildman–Crippen LogP) is 3.92. The molecule has 2 rings (SSSR count). The highest BCUT2D eigenvalue weighted by Gasteiger charge is 2.08. The third-order valence-electron chi connectivity index (χ3n) is 2.97. The number of carboxylic acid groups (broad SMARTS) is 1. The van der Waals surface area contributed by atoms with Crippen LogP contribution in [0.25, 0.3) is 0 Å². The Morgan fingerprint density at radius 3 is 2.50 bits per heavy atom. The molecule has 0 saturated carbocycles. The van der Waals surface area contributed by atoms with Gasteiger partial charge in [-0.2, -0.15) is 0 Å². The molecule has 104 valence electrons. The SMILES string of the molecule is CN(Cc1cc(Br)ccc1F)c1ccc(C(=O)O)cc1. The van der Waals surface area contributed by atoms with E-state index < -0.39 is 5.97 Å². The first-order valence-electron chi connectivity index (χ1n) is 5.96. The van der Waals surface area contributed by atoms with E-state index in [1.54, 1.807) is 24.3 Å². The van der Waals surface area contributed by atoms with E-state index in [1.807, 2.05) is 11.9 Å². The first-order chi connectivity index (χ1) is 9.47. The van der Waals surface area contributed by atoms with Crippen LogP contribution in [0.3, 0.4) is 0 Å². The van der Waals surface area contributed by atoms with E-state index in [4.69, 9.17) is 5.11 Å². The first kappa shape index (κ1) is 14.5. The number of nitrogens with zero attached hydrogens (tertiary/aromatic N) is 1. The summed E-state index contributed by atoms with van der Waals surface area (Å²) in [5.74, 6) is -1.22. The van der Waals surface area contributed by atoms with Crippen LogP contribution in [0.1, 0.15) is 15.9 Å². The summed E-state index contributed by atoms with van der Waals surface area (Å²) >= 11 is 3.32. The molecule has 0 aliphatic rings. The van der Waals surface area contributed by atoms with Crippen molar-refractivity contribution in [3.8, 4) is 0 Å². The van der Waals surface area contributed by atoms with Crippen molar-refractivity contribution in [1.29, 1.82) is 0 Å². The predicted molar refractivity (Wildman–Crippen MR) is 79.6 cm³/mol. The number of anilines is 1. The Morgan fingerprint density at radius 1 is 1.25 bits per heavy atom. The molecule has 0 atom stereocenters. The van der Waals surface area contributed by atoms with Gasteiger partial charge in [-0.05, 0) is 42.5 Å². The van der Waals surface area contributed by atoms with E-state index in [2.05, 4.69) is 15.9 Å². The van der Waals surface area contributed by atoms with Gasteiger partial charge in [0, 0.05) is 29.3 Å². The van der Waals surface area contributed by atoms with Gasteiger partial charge in [-0.3, -0.25) is 0 Å². The third kappa shape index (κ3) is 3.36. The average molecular weight is 338 g/mol. The molecule has 0 unspecified atom stereocenters. The zero-order chi connectivity index (χ0) is 14.7. The van der Waals surface area contributed by atoms with E-state index >= 15 is 0 Å². The summed E-state index contributed by atoms with van der Waals surface area (Å²) in [7, 11) is 1.83. The van der Waals surface area contributed by atoms with Crippen LogP contribution in [0.4, 0.5) is 10.1 Å². The summed E-state index contributed by atoms with van der Waals surface area (Å²) in [6.07, 6.45) is 0. The van der Waals surface area contributed by atoms with E-state index in [-0.39, 0.29) is 11.4 Å². The van der Waals surface area contributed by atoms with Crippen molar-refractivity contribution in [3.05, 3.63) is 63.9 Å².